The molecule has 0 radical (unpaired) electrons. The van der Waals surface area contributed by atoms with E-state index in [1.54, 1.807) is 0 Å². The van der Waals surface area contributed by atoms with Crippen LogP contribution in [0.25, 0.3) is 0 Å². The number of benzene rings is 1. The van der Waals surface area contributed by atoms with Gasteiger partial charge in [-0.3, -0.25) is 4.79 Å². The molecule has 4 heteroatoms. The van der Waals surface area contributed by atoms with Crippen LogP contribution in [-0.4, -0.2) is 5.78 Å². The third kappa shape index (κ3) is 4.48. The molecular weight excluding hydrogens is 302 g/mol. The molecular formula is C14H17BrF2O. The topological polar surface area (TPSA) is 17.1 Å². The Morgan fingerprint density at radius 1 is 1.28 bits per heavy atom. The maximum atomic E-state index is 13.7. The Morgan fingerprint density at radius 2 is 1.89 bits per heavy atom. The molecule has 0 heterocycles. The van der Waals surface area contributed by atoms with Crippen molar-refractivity contribution in [2.45, 2.75) is 40.0 Å². The van der Waals surface area contributed by atoms with Gasteiger partial charge in [0.15, 0.2) is 0 Å². The van der Waals surface area contributed by atoms with E-state index in [4.69, 9.17) is 0 Å². The van der Waals surface area contributed by atoms with E-state index in [1.807, 2.05) is 20.8 Å². The molecule has 1 aromatic carbocycles. The van der Waals surface area contributed by atoms with Crippen molar-refractivity contribution >= 4 is 21.7 Å². The average molecular weight is 319 g/mol. The van der Waals surface area contributed by atoms with Crippen molar-refractivity contribution in [2.75, 3.05) is 0 Å². The highest BCUT2D eigenvalue weighted by atomic mass is 79.9. The quantitative estimate of drug-likeness (QED) is 0.737. The fraction of sp³-hybridized carbons (Fsp3) is 0.500. The van der Waals surface area contributed by atoms with Gasteiger partial charge in [-0.2, -0.15) is 0 Å². The highest BCUT2D eigenvalue weighted by Crippen LogP contribution is 2.24. The summed E-state index contributed by atoms with van der Waals surface area (Å²) >= 11 is 2.99. The number of carbonyl (C=O) groups excluding carboxylic acids is 1. The van der Waals surface area contributed by atoms with Crippen LogP contribution in [0.5, 0.6) is 0 Å². The molecule has 0 aliphatic carbocycles. The fourth-order valence-electron chi connectivity index (χ4n) is 1.53. The second kappa shape index (κ2) is 5.91. The van der Waals surface area contributed by atoms with Crippen LogP contribution in [0.15, 0.2) is 16.6 Å². The molecule has 0 amide bonds. The monoisotopic (exact) mass is 318 g/mol. The minimum Gasteiger partial charge on any atom is -0.299 e. The Labute approximate surface area is 115 Å². The van der Waals surface area contributed by atoms with Gasteiger partial charge in [0.2, 0.25) is 0 Å². The molecule has 1 nitrogen and oxygen atoms in total. The summed E-state index contributed by atoms with van der Waals surface area (Å²) in [6.45, 7) is 6.08. The lowest BCUT2D eigenvalue weighted by atomic mass is 9.88. The van der Waals surface area contributed by atoms with Crippen molar-refractivity contribution in [3.8, 4) is 0 Å². The van der Waals surface area contributed by atoms with Gasteiger partial charge in [0.25, 0.3) is 0 Å². The molecule has 1 aromatic rings. The predicted octanol–water partition coefficient (Wildman–Crippen LogP) is 4.67. The first-order valence-corrected chi connectivity index (χ1v) is 6.64. The second-order valence-corrected chi connectivity index (χ2v) is 6.45. The van der Waals surface area contributed by atoms with Crippen molar-refractivity contribution in [1.29, 1.82) is 0 Å². The molecule has 1 rings (SSSR count). The van der Waals surface area contributed by atoms with Gasteiger partial charge in [0.05, 0.1) is 4.47 Å². The molecule has 0 N–H and O–H groups in total. The molecule has 0 bridgehead atoms. The lowest BCUT2D eigenvalue weighted by Crippen LogP contribution is -2.12. The summed E-state index contributed by atoms with van der Waals surface area (Å²) in [7, 11) is 0. The minimum absolute atomic E-state index is 0.0457. The van der Waals surface area contributed by atoms with E-state index in [1.165, 1.54) is 12.1 Å². The Hall–Kier alpha value is -0.770. The lowest BCUT2D eigenvalue weighted by Gasteiger charge is -2.17. The van der Waals surface area contributed by atoms with E-state index in [0.29, 0.717) is 12.8 Å². The summed E-state index contributed by atoms with van der Waals surface area (Å²) in [5.41, 5.74) is -0.104. The minimum atomic E-state index is -0.681. The second-order valence-electron chi connectivity index (χ2n) is 5.60. The maximum absolute atomic E-state index is 13.7. The van der Waals surface area contributed by atoms with E-state index in [9.17, 15) is 13.6 Å². The zero-order valence-corrected chi connectivity index (χ0v) is 12.4. The molecule has 0 atom stereocenters. The number of rotatable bonds is 4. The van der Waals surface area contributed by atoms with Crippen LogP contribution < -0.4 is 0 Å². The number of halogens is 3. The van der Waals surface area contributed by atoms with E-state index < -0.39 is 11.6 Å². The average Bonchev–Trinajstić information content (AvgIpc) is 2.26. The summed E-state index contributed by atoms with van der Waals surface area (Å²) in [5.74, 6) is -1.49. The van der Waals surface area contributed by atoms with Gasteiger partial charge < -0.3 is 0 Å². The molecule has 0 aliphatic rings. The normalized spacial score (nSPS) is 11.7. The van der Waals surface area contributed by atoms with Crippen molar-refractivity contribution in [2.24, 2.45) is 5.41 Å². The standard InChI is InChI=1S/C14H17BrF2O/c1-14(2,3)7-6-9(18)8-10-12(16)5-4-11(15)13(10)17/h4-5H,6-8H2,1-3H3. The predicted molar refractivity (Wildman–Crippen MR) is 71.5 cm³/mol. The molecule has 0 saturated carbocycles. The van der Waals surface area contributed by atoms with Crippen LogP contribution in [0.2, 0.25) is 0 Å². The van der Waals surface area contributed by atoms with Gasteiger partial charge in [-0.1, -0.05) is 20.8 Å². The van der Waals surface area contributed by atoms with Gasteiger partial charge >= 0.3 is 0 Å². The first kappa shape index (κ1) is 15.3. The molecule has 0 aromatic heterocycles. The number of carbonyl (C=O) groups is 1. The van der Waals surface area contributed by atoms with Crippen LogP contribution in [0, 0.1) is 17.0 Å². The first-order valence-electron chi connectivity index (χ1n) is 5.85. The van der Waals surface area contributed by atoms with Crippen molar-refractivity contribution < 1.29 is 13.6 Å². The lowest BCUT2D eigenvalue weighted by molar-refractivity contribution is -0.119. The molecule has 0 spiro atoms. The number of hydrogen-bond acceptors (Lipinski definition) is 1. The van der Waals surface area contributed by atoms with Gasteiger partial charge in [-0.15, -0.1) is 0 Å². The van der Waals surface area contributed by atoms with Crippen LogP contribution >= 0.6 is 15.9 Å². The zero-order valence-electron chi connectivity index (χ0n) is 10.8. The molecule has 100 valence electrons. The summed E-state index contributed by atoms with van der Waals surface area (Å²) in [6.07, 6.45) is 0.866. The molecule has 0 saturated heterocycles. The first-order chi connectivity index (χ1) is 8.20. The zero-order chi connectivity index (χ0) is 13.9. The van der Waals surface area contributed by atoms with Crippen LogP contribution in [-0.2, 0) is 11.2 Å². The third-order valence-electron chi connectivity index (χ3n) is 2.67. The third-order valence-corrected chi connectivity index (χ3v) is 3.28. The Balaban J connectivity index is 2.74. The Bertz CT molecular complexity index is 450. The maximum Gasteiger partial charge on any atom is 0.143 e. The molecule has 0 fully saturated rings. The van der Waals surface area contributed by atoms with Crippen molar-refractivity contribution in [1.82, 2.24) is 0 Å². The number of Topliss-reactive ketones (excluding diaryl/α,β-unsaturated/α-hetero) is 1. The van der Waals surface area contributed by atoms with E-state index in [-0.39, 0.29) is 27.7 Å². The Morgan fingerprint density at radius 3 is 2.44 bits per heavy atom. The van der Waals surface area contributed by atoms with Crippen LogP contribution in [0.1, 0.15) is 39.2 Å². The highest BCUT2D eigenvalue weighted by molar-refractivity contribution is 9.10. The summed E-state index contributed by atoms with van der Waals surface area (Å²) in [5, 5.41) is 0. The van der Waals surface area contributed by atoms with Crippen molar-refractivity contribution in [3.05, 3.63) is 33.8 Å². The van der Waals surface area contributed by atoms with Crippen LogP contribution in [0.4, 0.5) is 8.78 Å². The molecule has 0 aliphatic heterocycles. The van der Waals surface area contributed by atoms with Gasteiger partial charge in [-0.05, 0) is 39.9 Å². The molecule has 0 unspecified atom stereocenters. The van der Waals surface area contributed by atoms with E-state index in [2.05, 4.69) is 15.9 Å². The van der Waals surface area contributed by atoms with E-state index >= 15 is 0 Å². The molecule has 18 heavy (non-hydrogen) atoms. The largest absolute Gasteiger partial charge is 0.299 e. The number of hydrogen-bond donors (Lipinski definition) is 0. The summed E-state index contributed by atoms with van der Waals surface area (Å²) in [6, 6.07) is 2.47. The van der Waals surface area contributed by atoms with Gasteiger partial charge in [0, 0.05) is 18.4 Å². The smallest absolute Gasteiger partial charge is 0.143 e. The van der Waals surface area contributed by atoms with Gasteiger partial charge in [-0.25, -0.2) is 8.78 Å². The van der Waals surface area contributed by atoms with Crippen LogP contribution in [0.3, 0.4) is 0 Å². The Kier molecular flexibility index (Phi) is 5.02. The SMILES string of the molecule is CC(C)(C)CCC(=O)Cc1c(F)ccc(Br)c1F. The summed E-state index contributed by atoms with van der Waals surface area (Å²) < 4.78 is 27.3. The van der Waals surface area contributed by atoms with Gasteiger partial charge in [0.1, 0.15) is 17.4 Å². The van der Waals surface area contributed by atoms with E-state index in [0.717, 1.165) is 0 Å². The summed E-state index contributed by atoms with van der Waals surface area (Å²) in [4.78, 5) is 11.7. The fourth-order valence-corrected chi connectivity index (χ4v) is 1.90. The van der Waals surface area contributed by atoms with Crippen molar-refractivity contribution in [3.63, 3.8) is 0 Å². The number of ketones is 1. The highest BCUT2D eigenvalue weighted by Gasteiger charge is 2.18.